The Labute approximate surface area is 163 Å². The second-order valence-electron chi connectivity index (χ2n) is 8.70. The van der Waals surface area contributed by atoms with Crippen LogP contribution >= 0.6 is 0 Å². The van der Waals surface area contributed by atoms with Crippen molar-refractivity contribution in [3.8, 4) is 0 Å². The Balaban J connectivity index is 1.19. The predicted octanol–water partition coefficient (Wildman–Crippen LogP) is 4.00. The fourth-order valence-electron chi connectivity index (χ4n) is 5.19. The third kappa shape index (κ3) is 2.56. The number of esters is 1. The van der Waals surface area contributed by atoms with E-state index < -0.39 is 0 Å². The van der Waals surface area contributed by atoms with Gasteiger partial charge in [-0.25, -0.2) is 4.39 Å². The molecule has 2 aromatic carbocycles. The average molecular weight is 379 g/mol. The van der Waals surface area contributed by atoms with E-state index in [1.807, 2.05) is 30.3 Å². The zero-order valence-corrected chi connectivity index (χ0v) is 15.5. The summed E-state index contributed by atoms with van der Waals surface area (Å²) in [5.74, 6) is -0.630. The maximum atomic E-state index is 13.1. The number of carbonyl (C=O) groups excluding carboxylic acids is 2. The van der Waals surface area contributed by atoms with E-state index in [0.29, 0.717) is 12.2 Å². The summed E-state index contributed by atoms with van der Waals surface area (Å²) in [6.45, 7) is 0.306. The molecule has 2 bridgehead atoms. The lowest BCUT2D eigenvalue weighted by Gasteiger charge is -2.72. The Hall–Kier alpha value is -2.69. The van der Waals surface area contributed by atoms with Crippen LogP contribution in [-0.4, -0.2) is 17.4 Å². The summed E-state index contributed by atoms with van der Waals surface area (Å²) in [6.07, 6.45) is 4.25. The first-order valence-electron chi connectivity index (χ1n) is 9.75. The summed E-state index contributed by atoms with van der Waals surface area (Å²) >= 11 is 0. The van der Waals surface area contributed by atoms with Gasteiger partial charge in [0.15, 0.2) is 0 Å². The van der Waals surface area contributed by atoms with Crippen molar-refractivity contribution < 1.29 is 18.7 Å². The third-order valence-corrected chi connectivity index (χ3v) is 6.90. The Morgan fingerprint density at radius 3 is 2.21 bits per heavy atom. The van der Waals surface area contributed by atoms with Crippen LogP contribution in [0.4, 0.5) is 4.39 Å². The molecule has 4 fully saturated rings. The molecule has 1 amide bonds. The number of amides is 1. The number of hydrogen-bond donors (Lipinski definition) is 1. The third-order valence-electron chi connectivity index (χ3n) is 6.90. The van der Waals surface area contributed by atoms with Gasteiger partial charge in [-0.2, -0.15) is 0 Å². The molecule has 0 radical (unpaired) electrons. The van der Waals surface area contributed by atoms with Crippen molar-refractivity contribution >= 4 is 11.9 Å². The summed E-state index contributed by atoms with van der Waals surface area (Å²) in [5, 5.41) is 3.18. The Kier molecular flexibility index (Phi) is 3.67. The molecule has 1 N–H and O–H groups in total. The Morgan fingerprint density at radius 2 is 1.61 bits per heavy atom. The lowest BCUT2D eigenvalue weighted by Crippen LogP contribution is -2.73. The van der Waals surface area contributed by atoms with Crippen LogP contribution in [0.15, 0.2) is 54.6 Å². The normalized spacial score (nSPS) is 28.5. The topological polar surface area (TPSA) is 55.4 Å². The molecule has 0 unspecified atom stereocenters. The van der Waals surface area contributed by atoms with Crippen molar-refractivity contribution in [1.82, 2.24) is 5.32 Å². The molecule has 4 aliphatic carbocycles. The zero-order chi connectivity index (χ0) is 19.4. The van der Waals surface area contributed by atoms with Crippen molar-refractivity contribution in [1.29, 1.82) is 0 Å². The number of carbonyl (C=O) groups is 2. The van der Waals surface area contributed by atoms with Crippen LogP contribution in [0.3, 0.4) is 0 Å². The quantitative estimate of drug-likeness (QED) is 0.772. The fourth-order valence-corrected chi connectivity index (χ4v) is 5.19. The zero-order valence-electron chi connectivity index (χ0n) is 15.5. The van der Waals surface area contributed by atoms with E-state index in [4.69, 9.17) is 4.74 Å². The van der Waals surface area contributed by atoms with Crippen LogP contribution in [0.5, 0.6) is 0 Å². The summed E-state index contributed by atoms with van der Waals surface area (Å²) in [6, 6.07) is 15.3. The van der Waals surface area contributed by atoms with Gasteiger partial charge in [0.25, 0.3) is 5.91 Å². The number of benzene rings is 2. The first-order chi connectivity index (χ1) is 13.5. The van der Waals surface area contributed by atoms with Crippen molar-refractivity contribution in [2.24, 2.45) is 10.8 Å². The molecule has 4 saturated carbocycles. The van der Waals surface area contributed by atoms with Crippen molar-refractivity contribution in [3.63, 3.8) is 0 Å². The van der Waals surface area contributed by atoms with Crippen LogP contribution in [0.25, 0.3) is 0 Å². The smallest absolute Gasteiger partial charge is 0.312 e. The minimum atomic E-state index is -0.356. The molecule has 4 nitrogen and oxygen atoms in total. The van der Waals surface area contributed by atoms with Crippen LogP contribution < -0.4 is 5.32 Å². The lowest BCUT2D eigenvalue weighted by atomic mass is 9.32. The number of ether oxygens (including phenoxy) is 1. The first kappa shape index (κ1) is 17.4. The van der Waals surface area contributed by atoms with E-state index >= 15 is 0 Å². The van der Waals surface area contributed by atoms with Gasteiger partial charge in [-0.1, -0.05) is 30.3 Å². The van der Waals surface area contributed by atoms with E-state index in [1.165, 1.54) is 24.3 Å². The van der Waals surface area contributed by atoms with E-state index in [9.17, 15) is 14.0 Å². The molecule has 4 aliphatic rings. The SMILES string of the molecule is O=C(NC1(C23CC(C(=O)OCc4ccccc4)(C2)C3)CC1)c1ccc(F)cc1. The highest BCUT2D eigenvalue weighted by atomic mass is 19.1. The minimum absolute atomic E-state index is 0.0223. The Bertz CT molecular complexity index is 914. The molecule has 0 spiro atoms. The van der Waals surface area contributed by atoms with Gasteiger partial charge in [-0.3, -0.25) is 9.59 Å². The van der Waals surface area contributed by atoms with Crippen molar-refractivity contribution in [2.75, 3.05) is 0 Å². The molecule has 0 aromatic heterocycles. The highest BCUT2D eigenvalue weighted by Gasteiger charge is 2.81. The predicted molar refractivity (Wildman–Crippen MR) is 101 cm³/mol. The van der Waals surface area contributed by atoms with Crippen molar-refractivity contribution in [2.45, 2.75) is 44.2 Å². The number of hydrogen-bond acceptors (Lipinski definition) is 3. The Morgan fingerprint density at radius 1 is 0.964 bits per heavy atom. The molecule has 6 rings (SSSR count). The molecule has 0 saturated heterocycles. The number of nitrogens with one attached hydrogen (secondary N) is 1. The van der Waals surface area contributed by atoms with Crippen LogP contribution in [-0.2, 0) is 16.1 Å². The van der Waals surface area contributed by atoms with Crippen LogP contribution in [0, 0.1) is 16.6 Å². The first-order valence-corrected chi connectivity index (χ1v) is 9.75. The molecule has 0 aliphatic heterocycles. The molecular formula is C23H22FNO3. The maximum absolute atomic E-state index is 13.1. The lowest BCUT2D eigenvalue weighted by molar-refractivity contribution is -0.242. The highest BCUT2D eigenvalue weighted by molar-refractivity contribution is 5.95. The highest BCUT2D eigenvalue weighted by Crippen LogP contribution is 2.81. The molecule has 144 valence electrons. The molecule has 2 aromatic rings. The molecule has 28 heavy (non-hydrogen) atoms. The summed E-state index contributed by atoms with van der Waals surface area (Å²) in [5.41, 5.74) is 0.915. The summed E-state index contributed by atoms with van der Waals surface area (Å²) in [7, 11) is 0. The largest absolute Gasteiger partial charge is 0.460 e. The van der Waals surface area contributed by atoms with E-state index in [0.717, 1.165) is 37.7 Å². The summed E-state index contributed by atoms with van der Waals surface area (Å²) < 4.78 is 18.6. The van der Waals surface area contributed by atoms with Gasteiger partial charge in [0, 0.05) is 11.1 Å². The van der Waals surface area contributed by atoms with Gasteiger partial charge in [0.2, 0.25) is 0 Å². The second kappa shape index (κ2) is 5.90. The number of halogens is 1. The maximum Gasteiger partial charge on any atom is 0.312 e. The fraction of sp³-hybridized carbons (Fsp3) is 0.391. The number of rotatable bonds is 6. The van der Waals surface area contributed by atoms with Gasteiger partial charge in [-0.05, 0) is 67.3 Å². The van der Waals surface area contributed by atoms with Gasteiger partial charge in [0.1, 0.15) is 12.4 Å². The monoisotopic (exact) mass is 379 g/mol. The van der Waals surface area contributed by atoms with E-state index in [-0.39, 0.29) is 34.1 Å². The van der Waals surface area contributed by atoms with Gasteiger partial charge >= 0.3 is 5.97 Å². The van der Waals surface area contributed by atoms with Crippen LogP contribution in [0.2, 0.25) is 0 Å². The standard InChI is InChI=1S/C23H22FNO3/c24-18-8-6-17(7-9-18)19(26)25-23(10-11-23)22-13-21(14-22,15-22)20(27)28-12-16-4-2-1-3-5-16/h1-9H,10-15H2,(H,25,26). The second-order valence-corrected chi connectivity index (χ2v) is 8.70. The molecule has 0 heterocycles. The van der Waals surface area contributed by atoms with Gasteiger partial charge < -0.3 is 10.1 Å². The van der Waals surface area contributed by atoms with Gasteiger partial charge in [0.05, 0.1) is 5.41 Å². The molecule has 0 atom stereocenters. The molecular weight excluding hydrogens is 357 g/mol. The molecule has 5 heteroatoms. The van der Waals surface area contributed by atoms with Crippen molar-refractivity contribution in [3.05, 3.63) is 71.5 Å². The minimum Gasteiger partial charge on any atom is -0.460 e. The van der Waals surface area contributed by atoms with Crippen LogP contribution in [0.1, 0.15) is 48.0 Å². The average Bonchev–Trinajstić information content (AvgIpc) is 3.39. The van der Waals surface area contributed by atoms with Gasteiger partial charge in [-0.15, -0.1) is 0 Å². The van der Waals surface area contributed by atoms with E-state index in [1.54, 1.807) is 0 Å². The summed E-state index contributed by atoms with van der Waals surface area (Å²) in [4.78, 5) is 25.1. The van der Waals surface area contributed by atoms with E-state index in [2.05, 4.69) is 5.32 Å².